The summed E-state index contributed by atoms with van der Waals surface area (Å²) in [6, 6.07) is 4.09. The second-order valence-electron chi connectivity index (χ2n) is 4.63. The minimum Gasteiger partial charge on any atom is -0.665 e. The van der Waals surface area contributed by atoms with Crippen molar-refractivity contribution in [2.45, 2.75) is 32.4 Å². The normalized spacial score (nSPS) is 10.4. The minimum absolute atomic E-state index is 0. The van der Waals surface area contributed by atoms with Crippen molar-refractivity contribution in [1.29, 1.82) is 0 Å². The molecule has 0 aliphatic rings. The molecule has 0 amide bonds. The summed E-state index contributed by atoms with van der Waals surface area (Å²) in [6.45, 7) is 8.88. The van der Waals surface area contributed by atoms with Crippen LogP contribution in [0.1, 0.15) is 20.8 Å². The first-order valence-electron chi connectivity index (χ1n) is 7.99. The van der Waals surface area contributed by atoms with E-state index in [4.69, 9.17) is 0 Å². The molecule has 0 radical (unpaired) electrons. The van der Waals surface area contributed by atoms with E-state index in [0.717, 1.165) is 31.8 Å². The predicted molar refractivity (Wildman–Crippen MR) is 100 cm³/mol. The molecule has 0 aliphatic heterocycles. The molecular weight excluding hydrogens is 467 g/mol. The van der Waals surface area contributed by atoms with Gasteiger partial charge in [-0.2, -0.15) is 79.3 Å². The summed E-state index contributed by atoms with van der Waals surface area (Å²) >= 11 is 0. The molecule has 0 unspecified atom stereocenters. The average Bonchev–Trinajstić information content (AvgIpc) is 3.06. The first-order chi connectivity index (χ1) is 12.0. The molecule has 1 rings (SSSR count). The number of hydrogen-bond acceptors (Lipinski definition) is 0. The third-order valence-corrected chi connectivity index (χ3v) is 4.99. The van der Waals surface area contributed by atoms with Gasteiger partial charge in [-0.05, 0) is 0 Å². The van der Waals surface area contributed by atoms with Crippen LogP contribution in [-0.4, -0.2) is 61.2 Å². The fourth-order valence-corrected chi connectivity index (χ4v) is 2.88. The van der Waals surface area contributed by atoms with Crippen molar-refractivity contribution in [2.75, 3.05) is 40.8 Å². The van der Waals surface area contributed by atoms with Crippen molar-refractivity contribution in [3.63, 3.8) is 0 Å². The minimum atomic E-state index is -5.16. The van der Waals surface area contributed by atoms with Gasteiger partial charge in [0, 0.05) is 0 Å². The maximum absolute atomic E-state index is 12.1. The van der Waals surface area contributed by atoms with Crippen LogP contribution in [0.3, 0.4) is 0 Å². The Bertz CT molecular complexity index is 357. The Kier molecular flexibility index (Phi) is 26.3. The summed E-state index contributed by atoms with van der Waals surface area (Å²) in [5, 5.41) is 10.6. The van der Waals surface area contributed by atoms with Gasteiger partial charge in [0.05, 0.1) is 0 Å². The number of nitrogens with zero attached hydrogens (tertiary/aromatic N) is 3. The van der Waals surface area contributed by atoms with Gasteiger partial charge in [-0.1, -0.05) is 20.8 Å². The monoisotopic (exact) mass is 495 g/mol. The zero-order valence-electron chi connectivity index (χ0n) is 16.6. The molecule has 0 aromatic heterocycles. The van der Waals surface area contributed by atoms with Crippen molar-refractivity contribution >= 4 is 14.0 Å². The first kappa shape index (κ1) is 34.4. The summed E-state index contributed by atoms with van der Waals surface area (Å²) < 4.78 is 72.7. The summed E-state index contributed by atoms with van der Waals surface area (Å²) in [5.41, 5.74) is 0. The molecule has 0 saturated heterocycles. The Balaban J connectivity index is -0.000000169. The van der Waals surface area contributed by atoms with E-state index in [2.05, 4.69) is 16.0 Å². The van der Waals surface area contributed by atoms with Gasteiger partial charge < -0.3 is 16.0 Å². The summed E-state index contributed by atoms with van der Waals surface area (Å²) in [5.74, 6) is -10.3. The summed E-state index contributed by atoms with van der Waals surface area (Å²) in [7, 11) is 0.497. The van der Waals surface area contributed by atoms with E-state index >= 15 is 0 Å². The van der Waals surface area contributed by atoms with Gasteiger partial charge in [0.15, 0.2) is 0 Å². The van der Waals surface area contributed by atoms with Crippen LogP contribution >= 0.6 is 0 Å². The second-order valence-corrected chi connectivity index (χ2v) is 7.47. The third-order valence-electron chi connectivity index (χ3n) is 2.63. The van der Waals surface area contributed by atoms with Gasteiger partial charge in [-0.15, -0.1) is 5.19 Å². The van der Waals surface area contributed by atoms with Gasteiger partial charge in [-0.25, -0.2) is 12.1 Å². The Morgan fingerprint density at radius 2 is 0.926 bits per heavy atom. The first-order valence-corrected chi connectivity index (χ1v) is 9.72. The van der Waals surface area contributed by atoms with Crippen LogP contribution in [0.4, 0.5) is 26.3 Å². The fraction of sp³-hybridized carbons (Fsp3) is 0.688. The Morgan fingerprint density at radius 1 is 0.704 bits per heavy atom. The molecule has 0 fully saturated rings. The zero-order valence-corrected chi connectivity index (χ0v) is 20.2. The molecule has 158 valence electrons. The smallest absolute Gasteiger partial charge is 0.665 e. The van der Waals surface area contributed by atoms with Crippen molar-refractivity contribution in [1.82, 2.24) is 0 Å². The van der Waals surface area contributed by atoms with E-state index < -0.39 is 25.6 Å². The molecular formula is C16H29F6N3SiZr. The van der Waals surface area contributed by atoms with E-state index in [1.165, 1.54) is 12.1 Å². The number of halogens is 6. The van der Waals surface area contributed by atoms with E-state index in [-0.39, 0.29) is 26.2 Å². The van der Waals surface area contributed by atoms with Crippen LogP contribution < -0.4 is 5.19 Å². The van der Waals surface area contributed by atoms with Gasteiger partial charge in [0.25, 0.3) is 8.80 Å². The van der Waals surface area contributed by atoms with Crippen LogP contribution in [0.2, 0.25) is 0 Å². The van der Waals surface area contributed by atoms with Crippen molar-refractivity contribution < 1.29 is 52.5 Å². The van der Waals surface area contributed by atoms with E-state index in [1.807, 2.05) is 20.8 Å². The number of rotatable bonds is 4. The molecule has 0 saturated carbocycles. The molecule has 0 aliphatic carbocycles. The van der Waals surface area contributed by atoms with Gasteiger partial charge in [0.1, 0.15) is 0 Å². The molecule has 0 heterocycles. The van der Waals surface area contributed by atoms with Crippen LogP contribution in [0.5, 0.6) is 0 Å². The van der Waals surface area contributed by atoms with Crippen LogP contribution in [0, 0.1) is 0 Å². The SMILES string of the molecule is CC[N-]C.CC[N-]C.CC[N-]C.FC(F)(F)[SiH]([c-]1cccc1)C(F)(F)F.[Zr+4]. The second kappa shape index (κ2) is 20.6. The maximum Gasteiger partial charge on any atom is 4.00 e. The van der Waals surface area contributed by atoms with Crippen LogP contribution in [0.15, 0.2) is 24.3 Å². The Labute approximate surface area is 179 Å². The standard InChI is InChI=1S/C7H5F6Si.3C3H8N.Zr/c8-6(9,10)14(7(11,12)13)5-3-1-2-4-5;3*1-3-4-2;/h1-4,14H;3*3H2,1-2H3;/q4*-1;+4. The summed E-state index contributed by atoms with van der Waals surface area (Å²) in [4.78, 5) is 0. The summed E-state index contributed by atoms with van der Waals surface area (Å²) in [6.07, 6.45) is 0. The van der Waals surface area contributed by atoms with Crippen molar-refractivity contribution in [3.05, 3.63) is 40.2 Å². The van der Waals surface area contributed by atoms with Gasteiger partial charge in [-0.3, -0.25) is 0 Å². The molecule has 0 atom stereocenters. The molecule has 27 heavy (non-hydrogen) atoms. The van der Waals surface area contributed by atoms with Crippen LogP contribution in [0.25, 0.3) is 16.0 Å². The zero-order chi connectivity index (χ0) is 21.2. The van der Waals surface area contributed by atoms with E-state index in [0.29, 0.717) is 0 Å². The molecule has 1 aromatic rings. The molecule has 0 bridgehead atoms. The molecule has 11 heteroatoms. The topological polar surface area (TPSA) is 42.3 Å². The van der Waals surface area contributed by atoms with E-state index in [9.17, 15) is 26.3 Å². The molecule has 3 nitrogen and oxygen atoms in total. The molecule has 0 N–H and O–H groups in total. The van der Waals surface area contributed by atoms with Gasteiger partial charge >= 0.3 is 37.8 Å². The van der Waals surface area contributed by atoms with Gasteiger partial charge in [0.2, 0.25) is 0 Å². The Morgan fingerprint density at radius 3 is 1.07 bits per heavy atom. The number of hydrogen-bond donors (Lipinski definition) is 0. The number of alkyl halides is 6. The van der Waals surface area contributed by atoms with Crippen molar-refractivity contribution in [2.24, 2.45) is 0 Å². The van der Waals surface area contributed by atoms with Crippen molar-refractivity contribution in [3.8, 4) is 0 Å². The quantitative estimate of drug-likeness (QED) is 0.317. The average molecular weight is 497 g/mol. The Hall–Kier alpha value is -0.0900. The predicted octanol–water partition coefficient (Wildman–Crippen LogP) is 5.07. The molecule has 1 aromatic carbocycles. The third kappa shape index (κ3) is 22.1. The van der Waals surface area contributed by atoms with E-state index in [1.54, 1.807) is 21.1 Å². The fourth-order valence-electron chi connectivity index (χ4n) is 1.14. The largest absolute Gasteiger partial charge is 4.00 e. The molecule has 0 spiro atoms. The maximum atomic E-state index is 12.1. The van der Waals surface area contributed by atoms with Crippen LogP contribution in [-0.2, 0) is 26.2 Å².